The van der Waals surface area contributed by atoms with Gasteiger partial charge in [0.15, 0.2) is 5.11 Å². The summed E-state index contributed by atoms with van der Waals surface area (Å²) in [6.45, 7) is 9.67. The van der Waals surface area contributed by atoms with E-state index in [0.717, 1.165) is 29.8 Å². The number of nitrogens with zero attached hydrogens (tertiary/aromatic N) is 2. The quantitative estimate of drug-likeness (QED) is 0.611. The number of anilines is 1. The maximum atomic E-state index is 6.42. The van der Waals surface area contributed by atoms with Crippen LogP contribution < -0.4 is 15.4 Å². The number of nitrogens with one attached hydrogen (secondary N) is 2. The monoisotopic (exact) mass is 446 g/mol. The Kier molecular flexibility index (Phi) is 6.90. The summed E-state index contributed by atoms with van der Waals surface area (Å²) in [7, 11) is 1.64. The fourth-order valence-electron chi connectivity index (χ4n) is 4.46. The summed E-state index contributed by atoms with van der Waals surface area (Å²) >= 11 is 12.3. The van der Waals surface area contributed by atoms with Gasteiger partial charge < -0.3 is 20.3 Å². The van der Waals surface area contributed by atoms with Crippen LogP contribution in [0.5, 0.6) is 5.75 Å². The molecule has 0 unspecified atom stereocenters. The molecule has 1 aromatic carbocycles. The van der Waals surface area contributed by atoms with Crippen molar-refractivity contribution in [3.05, 3.63) is 53.3 Å². The molecule has 30 heavy (non-hydrogen) atoms. The predicted molar refractivity (Wildman–Crippen MR) is 128 cm³/mol. The Labute approximate surface area is 190 Å². The van der Waals surface area contributed by atoms with Crippen LogP contribution in [-0.2, 0) is 6.54 Å². The minimum atomic E-state index is 0.00281. The van der Waals surface area contributed by atoms with E-state index in [1.54, 1.807) is 13.3 Å². The minimum Gasteiger partial charge on any atom is -0.497 e. The Morgan fingerprint density at radius 2 is 1.97 bits per heavy atom. The Hall–Kier alpha value is -1.89. The Morgan fingerprint density at radius 3 is 2.57 bits per heavy atom. The van der Waals surface area contributed by atoms with Gasteiger partial charge >= 0.3 is 0 Å². The SMILES string of the molecule is COc1ccc(Cl)c(NC(=S)N(Cc2cccnc2)C2CC(C)(C)NC(C)(C)C2)c1. The van der Waals surface area contributed by atoms with Crippen molar-refractivity contribution in [2.24, 2.45) is 0 Å². The highest BCUT2D eigenvalue weighted by Gasteiger charge is 2.40. The van der Waals surface area contributed by atoms with Crippen molar-refractivity contribution in [3.63, 3.8) is 0 Å². The smallest absolute Gasteiger partial charge is 0.174 e. The van der Waals surface area contributed by atoms with E-state index in [-0.39, 0.29) is 17.1 Å². The summed E-state index contributed by atoms with van der Waals surface area (Å²) in [5, 5.41) is 8.36. The van der Waals surface area contributed by atoms with Crippen molar-refractivity contribution in [2.75, 3.05) is 12.4 Å². The standard InChI is InChI=1S/C23H31ClN4OS/c1-22(2)12-17(13-23(3,4)27-22)28(15-16-7-6-10-25-14-16)21(30)26-20-11-18(29-5)8-9-19(20)24/h6-11,14,17,27H,12-13,15H2,1-5H3,(H,26,30). The predicted octanol–water partition coefficient (Wildman–Crippen LogP) is 5.25. The molecule has 0 aliphatic carbocycles. The number of aromatic nitrogens is 1. The molecule has 0 atom stereocenters. The van der Waals surface area contributed by atoms with Gasteiger partial charge in [0.2, 0.25) is 0 Å². The van der Waals surface area contributed by atoms with E-state index in [1.807, 2.05) is 30.5 Å². The second kappa shape index (κ2) is 9.08. The Morgan fingerprint density at radius 1 is 1.27 bits per heavy atom. The molecule has 2 aromatic rings. The average Bonchev–Trinajstić information content (AvgIpc) is 2.66. The van der Waals surface area contributed by atoms with Crippen LogP contribution in [-0.4, -0.2) is 39.2 Å². The van der Waals surface area contributed by atoms with Gasteiger partial charge in [0.1, 0.15) is 5.75 Å². The summed E-state index contributed by atoms with van der Waals surface area (Å²) in [5.41, 5.74) is 1.86. The second-order valence-corrected chi connectivity index (χ2v) is 10.0. The van der Waals surface area contributed by atoms with Crippen molar-refractivity contribution in [1.29, 1.82) is 0 Å². The summed E-state index contributed by atoms with van der Waals surface area (Å²) < 4.78 is 5.35. The number of benzene rings is 1. The molecule has 0 spiro atoms. The first-order valence-corrected chi connectivity index (χ1v) is 11.0. The first kappa shape index (κ1) is 22.8. The van der Waals surface area contributed by atoms with E-state index in [4.69, 9.17) is 28.6 Å². The van der Waals surface area contributed by atoms with Gasteiger partial charge in [0.25, 0.3) is 0 Å². The molecule has 2 heterocycles. The largest absolute Gasteiger partial charge is 0.497 e. The molecule has 0 saturated carbocycles. The normalized spacial score (nSPS) is 17.9. The number of pyridine rings is 1. The molecule has 162 valence electrons. The van der Waals surface area contributed by atoms with Crippen molar-refractivity contribution >= 4 is 34.6 Å². The molecule has 0 radical (unpaired) electrons. The molecule has 1 aliphatic heterocycles. The van der Waals surface area contributed by atoms with Gasteiger partial charge in [-0.2, -0.15) is 0 Å². The van der Waals surface area contributed by atoms with Crippen LogP contribution in [0.2, 0.25) is 5.02 Å². The molecule has 7 heteroatoms. The first-order chi connectivity index (χ1) is 14.1. The number of ether oxygens (including phenoxy) is 1. The molecule has 1 saturated heterocycles. The molecule has 1 aliphatic rings. The van der Waals surface area contributed by atoms with E-state index < -0.39 is 0 Å². The summed E-state index contributed by atoms with van der Waals surface area (Å²) in [6, 6.07) is 9.82. The fraction of sp³-hybridized carbons (Fsp3) is 0.478. The van der Waals surface area contributed by atoms with Crippen LogP contribution in [0, 0.1) is 0 Å². The molecule has 2 N–H and O–H groups in total. The van der Waals surface area contributed by atoms with Crippen molar-refractivity contribution in [2.45, 2.75) is 64.2 Å². The number of halogens is 1. The maximum absolute atomic E-state index is 6.42. The second-order valence-electron chi connectivity index (χ2n) is 9.22. The molecule has 0 bridgehead atoms. The fourth-order valence-corrected chi connectivity index (χ4v) is 4.95. The van der Waals surface area contributed by atoms with Gasteiger partial charge in [-0.25, -0.2) is 0 Å². The lowest BCUT2D eigenvalue weighted by Gasteiger charge is -2.50. The lowest BCUT2D eigenvalue weighted by Crippen LogP contribution is -2.63. The van der Waals surface area contributed by atoms with Crippen LogP contribution in [0.3, 0.4) is 0 Å². The lowest BCUT2D eigenvalue weighted by molar-refractivity contribution is 0.101. The van der Waals surface area contributed by atoms with Crippen molar-refractivity contribution in [3.8, 4) is 5.75 Å². The third-order valence-corrected chi connectivity index (χ3v) is 6.03. The number of hydrogen-bond acceptors (Lipinski definition) is 4. The van der Waals surface area contributed by atoms with Crippen LogP contribution in [0.15, 0.2) is 42.7 Å². The molecule has 1 aromatic heterocycles. The van der Waals surface area contributed by atoms with E-state index in [9.17, 15) is 0 Å². The van der Waals surface area contributed by atoms with Gasteiger partial charge in [0.05, 0.1) is 17.8 Å². The van der Waals surface area contributed by atoms with Crippen molar-refractivity contribution < 1.29 is 4.74 Å². The van der Waals surface area contributed by atoms with E-state index in [2.05, 4.69) is 54.3 Å². The molecular formula is C23H31ClN4OS. The van der Waals surface area contributed by atoms with E-state index in [1.165, 1.54) is 0 Å². The third kappa shape index (κ3) is 5.84. The number of piperidine rings is 1. The highest BCUT2D eigenvalue weighted by Crippen LogP contribution is 2.33. The molecule has 5 nitrogen and oxygen atoms in total. The molecule has 0 amide bonds. The lowest BCUT2D eigenvalue weighted by atomic mass is 9.79. The van der Waals surface area contributed by atoms with Crippen LogP contribution >= 0.6 is 23.8 Å². The molecule has 3 rings (SSSR count). The van der Waals surface area contributed by atoms with Crippen LogP contribution in [0.25, 0.3) is 0 Å². The Balaban J connectivity index is 1.90. The number of thiocarbonyl (C=S) groups is 1. The molecular weight excluding hydrogens is 416 g/mol. The van der Waals surface area contributed by atoms with Crippen molar-refractivity contribution in [1.82, 2.24) is 15.2 Å². The van der Waals surface area contributed by atoms with Crippen LogP contribution in [0.4, 0.5) is 5.69 Å². The van der Waals surface area contributed by atoms with Gasteiger partial charge in [-0.1, -0.05) is 17.7 Å². The topological polar surface area (TPSA) is 49.4 Å². The summed E-state index contributed by atoms with van der Waals surface area (Å²) in [4.78, 5) is 6.55. The zero-order chi connectivity index (χ0) is 21.9. The number of hydrogen-bond donors (Lipinski definition) is 2. The average molecular weight is 447 g/mol. The van der Waals surface area contributed by atoms with Gasteiger partial charge in [-0.15, -0.1) is 0 Å². The zero-order valence-electron chi connectivity index (χ0n) is 18.3. The summed E-state index contributed by atoms with van der Waals surface area (Å²) in [5.74, 6) is 0.729. The zero-order valence-corrected chi connectivity index (χ0v) is 19.9. The van der Waals surface area contributed by atoms with E-state index >= 15 is 0 Å². The number of methoxy groups -OCH3 is 1. The van der Waals surface area contributed by atoms with Gasteiger partial charge in [0, 0.05) is 42.1 Å². The maximum Gasteiger partial charge on any atom is 0.174 e. The first-order valence-electron chi connectivity index (χ1n) is 10.2. The third-order valence-electron chi connectivity index (χ3n) is 5.36. The highest BCUT2D eigenvalue weighted by atomic mass is 35.5. The Bertz CT molecular complexity index is 872. The minimum absolute atomic E-state index is 0.00281. The highest BCUT2D eigenvalue weighted by molar-refractivity contribution is 7.80. The number of rotatable bonds is 5. The van der Waals surface area contributed by atoms with Gasteiger partial charge in [-0.3, -0.25) is 4.98 Å². The van der Waals surface area contributed by atoms with Crippen LogP contribution in [0.1, 0.15) is 46.1 Å². The van der Waals surface area contributed by atoms with E-state index in [0.29, 0.717) is 16.7 Å². The summed E-state index contributed by atoms with van der Waals surface area (Å²) in [6.07, 6.45) is 5.64. The van der Waals surface area contributed by atoms with Gasteiger partial charge in [-0.05, 0) is 76.5 Å². The molecule has 1 fully saturated rings.